The summed E-state index contributed by atoms with van der Waals surface area (Å²) in [4.78, 5) is 38.0. The van der Waals surface area contributed by atoms with Crippen LogP contribution < -0.4 is 10.1 Å². The number of carbonyl (C=O) groups is 3. The zero-order chi connectivity index (χ0) is 23.0. The Kier molecular flexibility index (Phi) is 5.74. The van der Waals surface area contributed by atoms with Crippen molar-refractivity contribution in [1.82, 2.24) is 10.2 Å². The molecule has 0 radical (unpaired) electrons. The highest BCUT2D eigenvalue weighted by Gasteiger charge is 2.40. The Morgan fingerprint density at radius 2 is 1.91 bits per heavy atom. The number of benzene rings is 2. The molecule has 4 rings (SSSR count). The highest BCUT2D eigenvalue weighted by atomic mass is 32.2. The number of amides is 3. The standard InChI is InChI=1S/C22H22N2O7S/c1-3-30-32(28,29)19-9-7-13(2)11-18(19)31-17-6-4-5-14-15(17)12-24(22(14)27)16-8-10-20(25)23-21(16)26/h4-7,9,11,16H,3,8,10,12H2,1-2H3,(H,23,25,26). The van der Waals surface area contributed by atoms with E-state index in [4.69, 9.17) is 8.92 Å². The van der Waals surface area contributed by atoms with Crippen LogP contribution in [-0.2, 0) is 30.4 Å². The summed E-state index contributed by atoms with van der Waals surface area (Å²) in [7, 11) is -4.03. The van der Waals surface area contributed by atoms with Crippen LogP contribution in [0.3, 0.4) is 0 Å². The second-order valence-corrected chi connectivity index (χ2v) is 9.18. The van der Waals surface area contributed by atoms with Crippen LogP contribution in [0.1, 0.15) is 41.3 Å². The van der Waals surface area contributed by atoms with E-state index in [0.717, 1.165) is 5.56 Å². The number of rotatable bonds is 6. The van der Waals surface area contributed by atoms with Gasteiger partial charge in [0.2, 0.25) is 11.8 Å². The monoisotopic (exact) mass is 458 g/mol. The zero-order valence-corrected chi connectivity index (χ0v) is 18.4. The average Bonchev–Trinajstić information content (AvgIpc) is 3.05. The fourth-order valence-corrected chi connectivity index (χ4v) is 4.91. The number of carbonyl (C=O) groups excluding carboxylic acids is 3. The van der Waals surface area contributed by atoms with Gasteiger partial charge in [-0.25, -0.2) is 0 Å². The van der Waals surface area contributed by atoms with Gasteiger partial charge in [0.25, 0.3) is 5.91 Å². The van der Waals surface area contributed by atoms with Gasteiger partial charge in [0, 0.05) is 17.5 Å². The van der Waals surface area contributed by atoms with Crippen molar-refractivity contribution < 1.29 is 31.7 Å². The van der Waals surface area contributed by atoms with Gasteiger partial charge in [0.1, 0.15) is 22.4 Å². The second-order valence-electron chi connectivity index (χ2n) is 7.60. The lowest BCUT2D eigenvalue weighted by molar-refractivity contribution is -0.136. The van der Waals surface area contributed by atoms with Crippen molar-refractivity contribution in [1.29, 1.82) is 0 Å². The van der Waals surface area contributed by atoms with Gasteiger partial charge in [-0.1, -0.05) is 12.1 Å². The van der Waals surface area contributed by atoms with Gasteiger partial charge in [0.05, 0.1) is 13.2 Å². The van der Waals surface area contributed by atoms with E-state index in [9.17, 15) is 22.8 Å². The van der Waals surface area contributed by atoms with E-state index in [1.54, 1.807) is 44.2 Å². The van der Waals surface area contributed by atoms with Crippen molar-refractivity contribution in [2.24, 2.45) is 0 Å². The fourth-order valence-electron chi connectivity index (χ4n) is 3.89. The molecule has 2 aliphatic heterocycles. The van der Waals surface area contributed by atoms with Gasteiger partial charge >= 0.3 is 10.1 Å². The molecule has 0 spiro atoms. The minimum absolute atomic E-state index is 0.0220. The van der Waals surface area contributed by atoms with E-state index >= 15 is 0 Å². The van der Waals surface area contributed by atoms with Gasteiger partial charge in [-0.15, -0.1) is 0 Å². The smallest absolute Gasteiger partial charge is 0.300 e. The summed E-state index contributed by atoms with van der Waals surface area (Å²) in [5.41, 5.74) is 1.70. The topological polar surface area (TPSA) is 119 Å². The number of nitrogens with zero attached hydrogens (tertiary/aromatic N) is 1. The maximum Gasteiger partial charge on any atom is 0.300 e. The van der Waals surface area contributed by atoms with Crippen molar-refractivity contribution >= 4 is 27.8 Å². The lowest BCUT2D eigenvalue weighted by atomic mass is 10.0. The number of hydrogen-bond acceptors (Lipinski definition) is 7. The Labute approximate surface area is 185 Å². The molecule has 10 heteroatoms. The van der Waals surface area contributed by atoms with Gasteiger partial charge in [-0.2, -0.15) is 8.42 Å². The first kappa shape index (κ1) is 22.0. The highest BCUT2D eigenvalue weighted by Crippen LogP contribution is 2.38. The molecule has 2 aliphatic rings. The van der Waals surface area contributed by atoms with Crippen LogP contribution in [0, 0.1) is 6.92 Å². The van der Waals surface area contributed by atoms with Gasteiger partial charge in [-0.3, -0.25) is 23.9 Å². The predicted octanol–water partition coefficient (Wildman–Crippen LogP) is 2.27. The Balaban J connectivity index is 1.68. The Morgan fingerprint density at radius 3 is 2.62 bits per heavy atom. The number of aryl methyl sites for hydroxylation is 1. The van der Waals surface area contributed by atoms with Crippen molar-refractivity contribution in [3.63, 3.8) is 0 Å². The third kappa shape index (κ3) is 3.98. The number of piperidine rings is 1. The Hall–Kier alpha value is -3.24. The minimum atomic E-state index is -4.03. The zero-order valence-electron chi connectivity index (χ0n) is 17.6. The molecule has 2 aromatic rings. The normalized spacial score (nSPS) is 18.5. The molecule has 0 bridgehead atoms. The number of nitrogens with one attached hydrogen (secondary N) is 1. The molecule has 168 valence electrons. The predicted molar refractivity (Wildman–Crippen MR) is 113 cm³/mol. The van der Waals surface area contributed by atoms with E-state index < -0.39 is 22.1 Å². The molecule has 32 heavy (non-hydrogen) atoms. The van der Waals surface area contributed by atoms with Crippen LogP contribution in [0.5, 0.6) is 11.5 Å². The molecule has 1 N–H and O–H groups in total. The molecule has 0 saturated carbocycles. The van der Waals surface area contributed by atoms with Crippen LogP contribution in [0.2, 0.25) is 0 Å². The molecular weight excluding hydrogens is 436 g/mol. The first-order valence-electron chi connectivity index (χ1n) is 10.2. The molecule has 1 unspecified atom stereocenters. The van der Waals surface area contributed by atoms with Crippen molar-refractivity contribution in [3.05, 3.63) is 53.1 Å². The van der Waals surface area contributed by atoms with Crippen LogP contribution in [0.25, 0.3) is 0 Å². The maximum absolute atomic E-state index is 13.0. The summed E-state index contributed by atoms with van der Waals surface area (Å²) < 4.78 is 36.0. The first-order valence-corrected chi connectivity index (χ1v) is 11.6. The summed E-state index contributed by atoms with van der Waals surface area (Å²) in [5.74, 6) is -0.815. The van der Waals surface area contributed by atoms with Crippen molar-refractivity contribution in [2.75, 3.05) is 6.61 Å². The van der Waals surface area contributed by atoms with E-state index in [2.05, 4.69) is 5.32 Å². The summed E-state index contributed by atoms with van der Waals surface area (Å²) >= 11 is 0. The van der Waals surface area contributed by atoms with Crippen molar-refractivity contribution in [3.8, 4) is 11.5 Å². The highest BCUT2D eigenvalue weighted by molar-refractivity contribution is 7.86. The molecule has 0 aromatic heterocycles. The van der Waals surface area contributed by atoms with Gasteiger partial charge in [0.15, 0.2) is 0 Å². The third-order valence-electron chi connectivity index (χ3n) is 5.40. The maximum atomic E-state index is 13.0. The molecule has 3 amide bonds. The fraction of sp³-hybridized carbons (Fsp3) is 0.318. The van der Waals surface area contributed by atoms with E-state index in [1.165, 1.54) is 11.0 Å². The number of ether oxygens (including phenoxy) is 1. The number of fused-ring (bicyclic) bond motifs is 1. The summed E-state index contributed by atoms with van der Waals surface area (Å²) in [6.07, 6.45) is 0.400. The quantitative estimate of drug-likeness (QED) is 0.521. The summed E-state index contributed by atoms with van der Waals surface area (Å²) in [5, 5.41) is 2.27. The van der Waals surface area contributed by atoms with Crippen LogP contribution in [-0.4, -0.2) is 43.7 Å². The number of hydrogen-bond donors (Lipinski definition) is 1. The van der Waals surface area contributed by atoms with Gasteiger partial charge in [-0.05, 0) is 50.1 Å². The largest absolute Gasteiger partial charge is 0.456 e. The van der Waals surface area contributed by atoms with E-state index in [0.29, 0.717) is 16.9 Å². The Morgan fingerprint density at radius 1 is 1.12 bits per heavy atom. The molecule has 1 saturated heterocycles. The van der Waals surface area contributed by atoms with Crippen molar-refractivity contribution in [2.45, 2.75) is 44.2 Å². The van der Waals surface area contributed by atoms with Crippen LogP contribution in [0.4, 0.5) is 0 Å². The molecule has 2 aromatic carbocycles. The first-order chi connectivity index (χ1) is 15.2. The second kappa shape index (κ2) is 8.36. The molecule has 1 atom stereocenters. The summed E-state index contributed by atoms with van der Waals surface area (Å²) in [6.45, 7) is 3.46. The lowest BCUT2D eigenvalue weighted by Gasteiger charge is -2.29. The molecule has 9 nitrogen and oxygen atoms in total. The molecular formula is C22H22N2O7S. The van der Waals surface area contributed by atoms with Crippen LogP contribution >= 0.6 is 0 Å². The van der Waals surface area contributed by atoms with Gasteiger partial charge < -0.3 is 9.64 Å². The number of imide groups is 1. The molecule has 1 fully saturated rings. The van der Waals surface area contributed by atoms with Crippen LogP contribution in [0.15, 0.2) is 41.3 Å². The minimum Gasteiger partial charge on any atom is -0.456 e. The van der Waals surface area contributed by atoms with E-state index in [-0.39, 0.29) is 48.5 Å². The SMILES string of the molecule is CCOS(=O)(=O)c1ccc(C)cc1Oc1cccc2c1CN(C1CCC(=O)NC1=O)C2=O. The lowest BCUT2D eigenvalue weighted by Crippen LogP contribution is -2.52. The van der Waals surface area contributed by atoms with E-state index in [1.807, 2.05) is 0 Å². The average molecular weight is 458 g/mol. The summed E-state index contributed by atoms with van der Waals surface area (Å²) in [6, 6.07) is 8.78. The molecule has 2 heterocycles. The molecule has 0 aliphatic carbocycles. The Bertz CT molecular complexity index is 1220. The third-order valence-corrected chi connectivity index (χ3v) is 6.82.